The van der Waals surface area contributed by atoms with Gasteiger partial charge in [-0.25, -0.2) is 4.79 Å². The number of hydrogen-bond donors (Lipinski definition) is 1. The highest BCUT2D eigenvalue weighted by atomic mass is 16.4. The van der Waals surface area contributed by atoms with Crippen LogP contribution in [0.3, 0.4) is 0 Å². The fraction of sp³-hybridized carbons (Fsp3) is 0.909. The summed E-state index contributed by atoms with van der Waals surface area (Å²) in [6, 6.07) is 0.337. The molecule has 0 spiro atoms. The van der Waals surface area contributed by atoms with E-state index >= 15 is 0 Å². The van der Waals surface area contributed by atoms with Crippen molar-refractivity contribution in [1.82, 2.24) is 9.80 Å². The maximum atomic E-state index is 11.2. The van der Waals surface area contributed by atoms with Crippen molar-refractivity contribution in [3.8, 4) is 0 Å². The minimum Gasteiger partial charge on any atom is -0.465 e. The maximum Gasteiger partial charge on any atom is 0.407 e. The van der Waals surface area contributed by atoms with Crippen molar-refractivity contribution in [2.24, 2.45) is 5.41 Å². The zero-order chi connectivity index (χ0) is 11.8. The van der Waals surface area contributed by atoms with E-state index in [2.05, 4.69) is 39.6 Å². The van der Waals surface area contributed by atoms with Crippen molar-refractivity contribution in [1.29, 1.82) is 0 Å². The number of carbonyl (C=O) groups is 1. The first-order valence-corrected chi connectivity index (χ1v) is 5.45. The zero-order valence-electron chi connectivity index (χ0n) is 10.3. The number of likely N-dealkylation sites (N-methyl/N-ethyl adjacent to an activating group) is 1. The maximum absolute atomic E-state index is 11.2. The summed E-state index contributed by atoms with van der Waals surface area (Å²) in [4.78, 5) is 15.0. The number of carboxylic acid groups (broad SMARTS) is 1. The molecule has 0 saturated carbocycles. The van der Waals surface area contributed by atoms with Gasteiger partial charge < -0.3 is 10.0 Å². The quantitative estimate of drug-likeness (QED) is 0.667. The highest BCUT2D eigenvalue weighted by molar-refractivity contribution is 5.66. The SMILES string of the molecule is C[C@H]1C(C(C)(C)C)N(C(=O)O)CCN1C. The Morgan fingerprint density at radius 1 is 1.33 bits per heavy atom. The molecule has 2 atom stereocenters. The molecule has 1 heterocycles. The molecule has 0 aromatic rings. The Morgan fingerprint density at radius 3 is 2.27 bits per heavy atom. The van der Waals surface area contributed by atoms with Crippen molar-refractivity contribution in [3.05, 3.63) is 0 Å². The monoisotopic (exact) mass is 214 g/mol. The average molecular weight is 214 g/mol. The molecule has 0 aromatic heterocycles. The fourth-order valence-corrected chi connectivity index (χ4v) is 2.52. The van der Waals surface area contributed by atoms with Gasteiger partial charge in [0.25, 0.3) is 0 Å². The van der Waals surface area contributed by atoms with Crippen LogP contribution in [0.4, 0.5) is 4.79 Å². The highest BCUT2D eigenvalue weighted by Crippen LogP contribution is 2.31. The summed E-state index contributed by atoms with van der Waals surface area (Å²) in [5, 5.41) is 9.18. The molecule has 1 N–H and O–H groups in total. The van der Waals surface area contributed by atoms with E-state index in [0.717, 1.165) is 6.54 Å². The van der Waals surface area contributed by atoms with E-state index in [0.29, 0.717) is 6.54 Å². The third kappa shape index (κ3) is 2.43. The van der Waals surface area contributed by atoms with Gasteiger partial charge in [-0.15, -0.1) is 0 Å². The molecule has 4 heteroatoms. The van der Waals surface area contributed by atoms with Crippen LogP contribution in [0.1, 0.15) is 27.7 Å². The minimum atomic E-state index is -0.796. The molecule has 1 fully saturated rings. The minimum absolute atomic E-state index is 0.0213. The van der Waals surface area contributed by atoms with Crippen LogP contribution >= 0.6 is 0 Å². The molecular formula is C11H22N2O2. The second-order valence-electron chi connectivity index (χ2n) is 5.51. The largest absolute Gasteiger partial charge is 0.465 e. The van der Waals surface area contributed by atoms with Crippen LogP contribution in [0, 0.1) is 5.41 Å². The first-order chi connectivity index (χ1) is 6.75. The van der Waals surface area contributed by atoms with Crippen LogP contribution in [0.15, 0.2) is 0 Å². The summed E-state index contributed by atoms with van der Waals surface area (Å²) in [5.41, 5.74) is -0.0213. The van der Waals surface area contributed by atoms with Crippen LogP contribution in [-0.4, -0.2) is 53.2 Å². The number of piperazine rings is 1. The molecule has 1 unspecified atom stereocenters. The van der Waals surface area contributed by atoms with E-state index in [9.17, 15) is 9.90 Å². The van der Waals surface area contributed by atoms with Gasteiger partial charge >= 0.3 is 6.09 Å². The van der Waals surface area contributed by atoms with Gasteiger partial charge in [-0.05, 0) is 19.4 Å². The standard InChI is InChI=1S/C11H22N2O2/c1-8-9(11(2,3)4)13(10(14)15)7-6-12(8)5/h8-9H,6-7H2,1-5H3,(H,14,15)/t8-,9?/m0/s1. The molecule has 1 aliphatic heterocycles. The number of rotatable bonds is 0. The van der Waals surface area contributed by atoms with Crippen molar-refractivity contribution in [2.75, 3.05) is 20.1 Å². The first kappa shape index (κ1) is 12.3. The van der Waals surface area contributed by atoms with Crippen LogP contribution in [-0.2, 0) is 0 Å². The molecule has 4 nitrogen and oxygen atoms in total. The Bertz CT molecular complexity index is 247. The normalized spacial score (nSPS) is 29.3. The third-order valence-corrected chi connectivity index (χ3v) is 3.31. The van der Waals surface area contributed by atoms with Gasteiger partial charge in [0.05, 0.1) is 6.04 Å². The molecule has 1 saturated heterocycles. The Labute approximate surface area is 91.9 Å². The lowest BCUT2D eigenvalue weighted by Crippen LogP contribution is -2.62. The van der Waals surface area contributed by atoms with E-state index in [1.54, 1.807) is 4.90 Å². The van der Waals surface area contributed by atoms with Gasteiger partial charge in [-0.3, -0.25) is 4.90 Å². The first-order valence-electron chi connectivity index (χ1n) is 5.45. The summed E-state index contributed by atoms with van der Waals surface area (Å²) < 4.78 is 0. The number of nitrogens with zero attached hydrogens (tertiary/aromatic N) is 2. The molecule has 1 aliphatic rings. The van der Waals surface area contributed by atoms with Crippen molar-refractivity contribution in [3.63, 3.8) is 0 Å². The summed E-state index contributed by atoms with van der Waals surface area (Å²) in [5.74, 6) is 0. The van der Waals surface area contributed by atoms with Gasteiger partial charge in [0.2, 0.25) is 0 Å². The summed E-state index contributed by atoms with van der Waals surface area (Å²) in [6.45, 7) is 9.83. The molecule has 1 amide bonds. The molecule has 88 valence electrons. The molecule has 0 aliphatic carbocycles. The topological polar surface area (TPSA) is 43.8 Å². The van der Waals surface area contributed by atoms with Crippen LogP contribution in [0.5, 0.6) is 0 Å². The summed E-state index contributed by atoms with van der Waals surface area (Å²) in [7, 11) is 2.06. The number of hydrogen-bond acceptors (Lipinski definition) is 2. The van der Waals surface area contributed by atoms with E-state index in [1.165, 1.54) is 0 Å². The van der Waals surface area contributed by atoms with E-state index in [1.807, 2.05) is 0 Å². The molecular weight excluding hydrogens is 192 g/mol. The van der Waals surface area contributed by atoms with Crippen LogP contribution < -0.4 is 0 Å². The zero-order valence-corrected chi connectivity index (χ0v) is 10.3. The van der Waals surface area contributed by atoms with E-state index in [-0.39, 0.29) is 17.5 Å². The average Bonchev–Trinajstić information content (AvgIpc) is 2.06. The predicted octanol–water partition coefficient (Wildman–Crippen LogP) is 1.72. The Balaban J connectivity index is 2.95. The third-order valence-electron chi connectivity index (χ3n) is 3.31. The molecule has 15 heavy (non-hydrogen) atoms. The highest BCUT2D eigenvalue weighted by Gasteiger charge is 2.41. The van der Waals surface area contributed by atoms with E-state index in [4.69, 9.17) is 0 Å². The van der Waals surface area contributed by atoms with Crippen LogP contribution in [0.2, 0.25) is 0 Å². The lowest BCUT2D eigenvalue weighted by molar-refractivity contribution is -0.00422. The fourth-order valence-electron chi connectivity index (χ4n) is 2.52. The number of amides is 1. The van der Waals surface area contributed by atoms with E-state index < -0.39 is 6.09 Å². The molecule has 0 radical (unpaired) electrons. The summed E-state index contributed by atoms with van der Waals surface area (Å²) >= 11 is 0. The smallest absolute Gasteiger partial charge is 0.407 e. The lowest BCUT2D eigenvalue weighted by Gasteiger charge is -2.49. The molecule has 0 bridgehead atoms. The van der Waals surface area contributed by atoms with Gasteiger partial charge in [0.15, 0.2) is 0 Å². The van der Waals surface area contributed by atoms with Crippen molar-refractivity contribution in [2.45, 2.75) is 39.8 Å². The second kappa shape index (κ2) is 4.00. The van der Waals surface area contributed by atoms with Gasteiger partial charge in [-0.1, -0.05) is 20.8 Å². The Kier molecular flexibility index (Phi) is 3.28. The lowest BCUT2D eigenvalue weighted by atomic mass is 9.80. The summed E-state index contributed by atoms with van der Waals surface area (Å²) in [6.07, 6.45) is -0.796. The predicted molar refractivity (Wildman–Crippen MR) is 60.1 cm³/mol. The molecule has 1 rings (SSSR count). The van der Waals surface area contributed by atoms with Crippen molar-refractivity contribution < 1.29 is 9.90 Å². The molecule has 0 aromatic carbocycles. The Morgan fingerprint density at radius 2 is 1.87 bits per heavy atom. The second-order valence-corrected chi connectivity index (χ2v) is 5.51. The van der Waals surface area contributed by atoms with Crippen molar-refractivity contribution >= 4 is 6.09 Å². The van der Waals surface area contributed by atoms with Crippen LogP contribution in [0.25, 0.3) is 0 Å². The van der Waals surface area contributed by atoms with Gasteiger partial charge in [0.1, 0.15) is 0 Å². The Hall–Kier alpha value is -0.770. The van der Waals surface area contributed by atoms with Gasteiger partial charge in [-0.2, -0.15) is 0 Å². The van der Waals surface area contributed by atoms with Gasteiger partial charge in [0, 0.05) is 19.1 Å².